The first-order chi connectivity index (χ1) is 9.98. The smallest absolute Gasteiger partial charge is 0.230 e. The molecule has 0 unspecified atom stereocenters. The number of thioether (sulfide) groups is 1. The van der Waals surface area contributed by atoms with Crippen LogP contribution in [0, 0.1) is 0 Å². The molecule has 3 nitrogen and oxygen atoms in total. The third-order valence-corrected chi connectivity index (χ3v) is 5.06. The van der Waals surface area contributed by atoms with Crippen LogP contribution in [0.2, 0.25) is 0 Å². The highest BCUT2D eigenvalue weighted by Gasteiger charge is 2.28. The van der Waals surface area contributed by atoms with Crippen LogP contribution in [0.4, 0.5) is 0 Å². The zero-order valence-corrected chi connectivity index (χ0v) is 15.2. The molecule has 0 spiro atoms. The third-order valence-electron chi connectivity index (χ3n) is 3.94. The molecule has 1 aromatic carbocycles. The van der Waals surface area contributed by atoms with Gasteiger partial charge in [0.2, 0.25) is 5.91 Å². The summed E-state index contributed by atoms with van der Waals surface area (Å²) in [4.78, 5) is 11.4. The van der Waals surface area contributed by atoms with E-state index in [2.05, 4.69) is 59.0 Å². The van der Waals surface area contributed by atoms with Crippen molar-refractivity contribution in [2.45, 2.75) is 64.2 Å². The number of amides is 1. The van der Waals surface area contributed by atoms with Crippen molar-refractivity contribution in [1.82, 2.24) is 5.32 Å². The summed E-state index contributed by atoms with van der Waals surface area (Å²) >= 11 is 1.65. The maximum absolute atomic E-state index is 11.4. The Morgan fingerprint density at radius 2 is 1.64 bits per heavy atom. The van der Waals surface area contributed by atoms with Crippen molar-refractivity contribution in [3.8, 4) is 5.75 Å². The van der Waals surface area contributed by atoms with Gasteiger partial charge in [-0.05, 0) is 27.5 Å². The molecule has 22 heavy (non-hydrogen) atoms. The van der Waals surface area contributed by atoms with Gasteiger partial charge in [0, 0.05) is 6.42 Å². The first-order valence-corrected chi connectivity index (χ1v) is 8.81. The summed E-state index contributed by atoms with van der Waals surface area (Å²) < 4.78 is 0. The zero-order valence-electron chi connectivity index (χ0n) is 14.4. The minimum Gasteiger partial charge on any atom is -0.507 e. The van der Waals surface area contributed by atoms with E-state index in [1.807, 2.05) is 0 Å². The number of aromatic hydroxyl groups is 1. The number of nitrogens with one attached hydrogen (secondary N) is 1. The second kappa shape index (κ2) is 5.80. The van der Waals surface area contributed by atoms with Gasteiger partial charge in [-0.3, -0.25) is 4.79 Å². The van der Waals surface area contributed by atoms with E-state index in [0.29, 0.717) is 11.5 Å². The molecular weight excluding hydrogens is 294 g/mol. The Morgan fingerprint density at radius 1 is 1.14 bits per heavy atom. The highest BCUT2D eigenvalue weighted by molar-refractivity contribution is 8.01. The topological polar surface area (TPSA) is 49.3 Å². The lowest BCUT2D eigenvalue weighted by atomic mass is 9.78. The average Bonchev–Trinajstić information content (AvgIpc) is 2.74. The number of phenols is 1. The van der Waals surface area contributed by atoms with Gasteiger partial charge in [0.05, 0.1) is 11.1 Å². The highest BCUT2D eigenvalue weighted by atomic mass is 32.2. The molecular formula is C18H27NO2S. The summed E-state index contributed by atoms with van der Waals surface area (Å²) in [6, 6.07) is 4.19. The first kappa shape index (κ1) is 17.2. The molecule has 122 valence electrons. The van der Waals surface area contributed by atoms with Gasteiger partial charge in [-0.15, -0.1) is 11.8 Å². The number of carbonyl (C=O) groups is 1. The lowest BCUT2D eigenvalue weighted by molar-refractivity contribution is -0.118. The lowest BCUT2D eigenvalue weighted by Gasteiger charge is -2.28. The molecule has 1 fully saturated rings. The molecule has 2 rings (SSSR count). The summed E-state index contributed by atoms with van der Waals surface area (Å²) in [7, 11) is 0. The van der Waals surface area contributed by atoms with Gasteiger partial charge in [0.25, 0.3) is 0 Å². The number of carbonyl (C=O) groups excluding carboxylic acids is 1. The zero-order chi connectivity index (χ0) is 16.7. The van der Waals surface area contributed by atoms with Gasteiger partial charge in [-0.2, -0.15) is 0 Å². The predicted molar refractivity (Wildman–Crippen MR) is 93.6 cm³/mol. The summed E-state index contributed by atoms with van der Waals surface area (Å²) in [6.45, 7) is 12.7. The quantitative estimate of drug-likeness (QED) is 0.873. The second-order valence-electron chi connectivity index (χ2n) is 8.11. The number of hydrogen-bond donors (Lipinski definition) is 2. The average molecular weight is 321 g/mol. The number of rotatable bonds is 2. The van der Waals surface area contributed by atoms with Gasteiger partial charge >= 0.3 is 0 Å². The van der Waals surface area contributed by atoms with Crippen molar-refractivity contribution in [2.75, 3.05) is 5.75 Å². The molecule has 0 aromatic heterocycles. The Bertz CT molecular complexity index is 547. The van der Waals surface area contributed by atoms with Crippen LogP contribution in [-0.2, 0) is 22.0 Å². The van der Waals surface area contributed by atoms with Crippen LogP contribution in [-0.4, -0.2) is 22.1 Å². The van der Waals surface area contributed by atoms with Crippen LogP contribution < -0.4 is 5.32 Å². The van der Waals surface area contributed by atoms with Crippen LogP contribution in [0.1, 0.15) is 58.2 Å². The molecule has 1 heterocycles. The molecule has 0 radical (unpaired) electrons. The Morgan fingerprint density at radius 3 is 2.00 bits per heavy atom. The highest BCUT2D eigenvalue weighted by Crippen LogP contribution is 2.40. The molecule has 1 aliphatic heterocycles. The molecule has 0 aliphatic carbocycles. The Balaban J connectivity index is 2.44. The Hall–Kier alpha value is -1.16. The monoisotopic (exact) mass is 321 g/mol. The normalized spacial score (nSPS) is 19.4. The molecule has 1 aromatic rings. The minimum absolute atomic E-state index is 0.112. The molecule has 0 bridgehead atoms. The van der Waals surface area contributed by atoms with E-state index in [1.165, 1.54) is 5.56 Å². The maximum atomic E-state index is 11.4. The fourth-order valence-corrected chi connectivity index (χ4v) is 3.68. The lowest BCUT2D eigenvalue weighted by Crippen LogP contribution is -2.27. The second-order valence-corrected chi connectivity index (χ2v) is 9.30. The molecule has 1 amide bonds. The third kappa shape index (κ3) is 3.78. The molecule has 1 atom stereocenters. The van der Waals surface area contributed by atoms with E-state index in [0.717, 1.165) is 17.5 Å². The fraction of sp³-hybridized carbons (Fsp3) is 0.611. The number of benzene rings is 1. The minimum atomic E-state index is -0.119. The SMILES string of the molecule is CC(C)(C)c1cc(C[C@H]2NC(=O)CS2)cc(C(C)(C)C)c1O. The molecule has 2 N–H and O–H groups in total. The van der Waals surface area contributed by atoms with E-state index < -0.39 is 0 Å². The predicted octanol–water partition coefficient (Wildman–Crippen LogP) is 3.72. The largest absolute Gasteiger partial charge is 0.507 e. The maximum Gasteiger partial charge on any atom is 0.230 e. The van der Waals surface area contributed by atoms with Crippen LogP contribution >= 0.6 is 11.8 Å². The van der Waals surface area contributed by atoms with Crippen molar-refractivity contribution in [3.05, 3.63) is 28.8 Å². The van der Waals surface area contributed by atoms with E-state index in [9.17, 15) is 9.90 Å². The van der Waals surface area contributed by atoms with Gasteiger partial charge in [-0.25, -0.2) is 0 Å². The van der Waals surface area contributed by atoms with Crippen LogP contribution in [0.5, 0.6) is 5.75 Å². The molecule has 0 saturated carbocycles. The Kier molecular flexibility index (Phi) is 4.54. The number of phenolic OH excluding ortho intramolecular Hbond substituents is 1. The summed E-state index contributed by atoms with van der Waals surface area (Å²) in [5.74, 6) is 1.06. The Labute approximate surface area is 137 Å². The summed E-state index contributed by atoms with van der Waals surface area (Å²) in [5.41, 5.74) is 2.89. The van der Waals surface area contributed by atoms with Gasteiger partial charge < -0.3 is 10.4 Å². The van der Waals surface area contributed by atoms with Crippen LogP contribution in [0.25, 0.3) is 0 Å². The van der Waals surface area contributed by atoms with E-state index >= 15 is 0 Å². The van der Waals surface area contributed by atoms with Crippen molar-refractivity contribution in [2.24, 2.45) is 0 Å². The van der Waals surface area contributed by atoms with Gasteiger partial charge in [0.1, 0.15) is 5.75 Å². The van der Waals surface area contributed by atoms with Gasteiger partial charge in [0.15, 0.2) is 0 Å². The molecule has 1 aliphatic rings. The van der Waals surface area contributed by atoms with Crippen LogP contribution in [0.15, 0.2) is 12.1 Å². The standard InChI is InChI=1S/C18H27NO2S/c1-17(2,3)12-7-11(9-15-19-14(20)10-22-15)8-13(16(12)21)18(4,5)6/h7-8,15,21H,9-10H2,1-6H3,(H,19,20)/t15-/m0/s1. The van der Waals surface area contributed by atoms with E-state index in [1.54, 1.807) is 11.8 Å². The fourth-order valence-electron chi connectivity index (χ4n) is 2.72. The first-order valence-electron chi connectivity index (χ1n) is 7.76. The van der Waals surface area contributed by atoms with Crippen molar-refractivity contribution in [3.63, 3.8) is 0 Å². The number of hydrogen-bond acceptors (Lipinski definition) is 3. The van der Waals surface area contributed by atoms with Gasteiger partial charge in [-0.1, -0.05) is 53.7 Å². The van der Waals surface area contributed by atoms with Crippen molar-refractivity contribution >= 4 is 17.7 Å². The van der Waals surface area contributed by atoms with Crippen LogP contribution in [0.3, 0.4) is 0 Å². The molecule has 4 heteroatoms. The summed E-state index contributed by atoms with van der Waals surface area (Å²) in [5, 5.41) is 13.8. The van der Waals surface area contributed by atoms with E-state index in [-0.39, 0.29) is 22.1 Å². The van der Waals surface area contributed by atoms with Crippen molar-refractivity contribution in [1.29, 1.82) is 0 Å². The summed E-state index contributed by atoms with van der Waals surface area (Å²) in [6.07, 6.45) is 0.794. The van der Waals surface area contributed by atoms with Crippen molar-refractivity contribution < 1.29 is 9.90 Å². The van der Waals surface area contributed by atoms with E-state index in [4.69, 9.17) is 0 Å². The molecule has 1 saturated heterocycles.